The minimum absolute atomic E-state index is 0.0260. The van der Waals surface area contributed by atoms with Crippen molar-refractivity contribution >= 4 is 11.5 Å². The molecule has 22 heavy (non-hydrogen) atoms. The molecule has 0 N–H and O–H groups in total. The maximum atomic E-state index is 10.8. The van der Waals surface area contributed by atoms with Gasteiger partial charge in [0.05, 0.1) is 29.9 Å². The average Bonchev–Trinajstić information content (AvgIpc) is 2.85. The second-order valence-corrected chi connectivity index (χ2v) is 5.38. The van der Waals surface area contributed by atoms with Crippen molar-refractivity contribution in [1.82, 2.24) is 20.0 Å². The average molecular weight is 304 g/mol. The van der Waals surface area contributed by atoms with Crippen LogP contribution in [0.2, 0.25) is 0 Å². The number of nitro groups is 1. The molecule has 1 saturated heterocycles. The molecule has 2 aromatic heterocycles. The summed E-state index contributed by atoms with van der Waals surface area (Å²) in [5, 5.41) is 18.7. The summed E-state index contributed by atoms with van der Waals surface area (Å²) in [6.07, 6.45) is 2.98. The van der Waals surface area contributed by atoms with Crippen molar-refractivity contribution in [1.29, 1.82) is 0 Å². The van der Waals surface area contributed by atoms with Crippen molar-refractivity contribution in [3.8, 4) is 0 Å². The van der Waals surface area contributed by atoms with Crippen LogP contribution in [0.5, 0.6) is 0 Å². The number of aryl methyl sites for hydroxylation is 2. The quantitative estimate of drug-likeness (QED) is 0.608. The van der Waals surface area contributed by atoms with Crippen LogP contribution in [0.25, 0.3) is 0 Å². The number of ether oxygens (including phenoxy) is 1. The molecule has 0 radical (unpaired) electrons. The highest BCUT2D eigenvalue weighted by molar-refractivity contribution is 5.52. The van der Waals surface area contributed by atoms with Gasteiger partial charge in [0.2, 0.25) is 0 Å². The summed E-state index contributed by atoms with van der Waals surface area (Å²) >= 11 is 0. The lowest BCUT2D eigenvalue weighted by atomic mass is 9.90. The summed E-state index contributed by atoms with van der Waals surface area (Å²) in [7, 11) is 3.47. The molecular weight excluding hydrogens is 288 g/mol. The monoisotopic (exact) mass is 304 g/mol. The SMILES string of the molecule is COC1(c2cnnn2C)CN(c2cc(C)c([N+](=O)[O-])cn2)C1. The second kappa shape index (κ2) is 5.02. The molecule has 3 heterocycles. The van der Waals surface area contributed by atoms with Gasteiger partial charge in [0.25, 0.3) is 5.69 Å². The number of rotatable bonds is 4. The second-order valence-electron chi connectivity index (χ2n) is 5.38. The van der Waals surface area contributed by atoms with Crippen molar-refractivity contribution in [2.45, 2.75) is 12.5 Å². The van der Waals surface area contributed by atoms with E-state index in [-0.39, 0.29) is 5.69 Å². The van der Waals surface area contributed by atoms with E-state index in [2.05, 4.69) is 15.3 Å². The van der Waals surface area contributed by atoms with Crippen molar-refractivity contribution in [3.63, 3.8) is 0 Å². The molecule has 0 spiro atoms. The highest BCUT2D eigenvalue weighted by Gasteiger charge is 2.48. The van der Waals surface area contributed by atoms with Crippen molar-refractivity contribution in [2.24, 2.45) is 7.05 Å². The van der Waals surface area contributed by atoms with Gasteiger partial charge >= 0.3 is 0 Å². The molecular formula is C13H16N6O3. The van der Waals surface area contributed by atoms with Crippen molar-refractivity contribution in [3.05, 3.63) is 39.8 Å². The summed E-state index contributed by atoms with van der Waals surface area (Å²) < 4.78 is 7.35. The van der Waals surface area contributed by atoms with Crippen LogP contribution < -0.4 is 4.90 Å². The smallest absolute Gasteiger partial charge is 0.290 e. The molecule has 0 atom stereocenters. The largest absolute Gasteiger partial charge is 0.368 e. The molecule has 0 saturated carbocycles. The zero-order valence-corrected chi connectivity index (χ0v) is 12.6. The summed E-state index contributed by atoms with van der Waals surface area (Å²) in [4.78, 5) is 16.6. The van der Waals surface area contributed by atoms with Gasteiger partial charge in [-0.1, -0.05) is 5.21 Å². The first kappa shape index (κ1) is 14.4. The van der Waals surface area contributed by atoms with E-state index in [1.54, 1.807) is 31.0 Å². The van der Waals surface area contributed by atoms with Gasteiger partial charge in [0, 0.05) is 19.7 Å². The zero-order valence-electron chi connectivity index (χ0n) is 12.6. The number of aromatic nitrogens is 4. The number of methoxy groups -OCH3 is 1. The molecule has 2 aromatic rings. The highest BCUT2D eigenvalue weighted by atomic mass is 16.6. The van der Waals surface area contributed by atoms with Crippen LogP contribution in [0.15, 0.2) is 18.5 Å². The van der Waals surface area contributed by atoms with Crippen LogP contribution in [0.3, 0.4) is 0 Å². The Hall–Kier alpha value is -2.55. The van der Waals surface area contributed by atoms with Gasteiger partial charge in [-0.2, -0.15) is 0 Å². The number of hydrogen-bond acceptors (Lipinski definition) is 7. The Balaban J connectivity index is 1.82. The molecule has 9 nitrogen and oxygen atoms in total. The Bertz CT molecular complexity index is 722. The first-order valence-electron chi connectivity index (χ1n) is 6.73. The Morgan fingerprint density at radius 3 is 2.64 bits per heavy atom. The molecule has 3 rings (SSSR count). The first-order chi connectivity index (χ1) is 10.5. The van der Waals surface area contributed by atoms with Gasteiger partial charge in [-0.15, -0.1) is 5.10 Å². The molecule has 0 bridgehead atoms. The van der Waals surface area contributed by atoms with Gasteiger partial charge in [-0.25, -0.2) is 9.67 Å². The predicted octanol–water partition coefficient (Wildman–Crippen LogP) is 0.789. The highest BCUT2D eigenvalue weighted by Crippen LogP contribution is 2.37. The van der Waals surface area contributed by atoms with E-state index in [4.69, 9.17) is 4.74 Å². The standard InChI is InChI=1S/C13H16N6O3/c1-9-4-12(14-5-10(9)19(20)21)18-7-13(8-18,22-3)11-6-15-16-17(11)2/h4-6H,7-8H2,1-3H3. The molecule has 1 aliphatic heterocycles. The third-order valence-corrected chi connectivity index (χ3v) is 4.05. The molecule has 0 amide bonds. The molecule has 1 aliphatic rings. The van der Waals surface area contributed by atoms with Gasteiger partial charge < -0.3 is 9.64 Å². The Kier molecular flexibility index (Phi) is 3.28. The zero-order chi connectivity index (χ0) is 15.9. The van der Waals surface area contributed by atoms with E-state index in [0.29, 0.717) is 24.5 Å². The van der Waals surface area contributed by atoms with E-state index in [1.807, 2.05) is 11.9 Å². The van der Waals surface area contributed by atoms with Gasteiger partial charge in [-0.3, -0.25) is 10.1 Å². The number of nitrogens with zero attached hydrogens (tertiary/aromatic N) is 6. The van der Waals surface area contributed by atoms with E-state index < -0.39 is 10.5 Å². The summed E-state index contributed by atoms with van der Waals surface area (Å²) in [5.74, 6) is 0.700. The molecule has 0 aromatic carbocycles. The van der Waals surface area contributed by atoms with Crippen molar-refractivity contribution in [2.75, 3.05) is 25.1 Å². The third-order valence-electron chi connectivity index (χ3n) is 4.05. The van der Waals surface area contributed by atoms with Gasteiger partial charge in [0.15, 0.2) is 0 Å². The molecule has 1 fully saturated rings. The maximum Gasteiger partial charge on any atom is 0.290 e. The fourth-order valence-electron chi connectivity index (χ4n) is 2.73. The summed E-state index contributed by atoms with van der Waals surface area (Å²) in [6.45, 7) is 2.89. The summed E-state index contributed by atoms with van der Waals surface area (Å²) in [5.41, 5.74) is 1.03. The molecule has 0 unspecified atom stereocenters. The Morgan fingerprint density at radius 1 is 1.41 bits per heavy atom. The Labute approximate surface area is 126 Å². The topological polar surface area (TPSA) is 99.2 Å². The lowest BCUT2D eigenvalue weighted by Gasteiger charge is -2.49. The number of pyridine rings is 1. The molecule has 0 aliphatic carbocycles. The number of hydrogen-bond donors (Lipinski definition) is 0. The minimum atomic E-state index is -0.477. The normalized spacial score (nSPS) is 16.4. The van der Waals surface area contributed by atoms with E-state index >= 15 is 0 Å². The van der Waals surface area contributed by atoms with Crippen LogP contribution in [0, 0.1) is 17.0 Å². The van der Waals surface area contributed by atoms with Crippen LogP contribution in [0.1, 0.15) is 11.3 Å². The maximum absolute atomic E-state index is 10.8. The van der Waals surface area contributed by atoms with Crippen LogP contribution in [0.4, 0.5) is 11.5 Å². The fraction of sp³-hybridized carbons (Fsp3) is 0.462. The van der Waals surface area contributed by atoms with E-state index in [1.165, 1.54) is 6.20 Å². The van der Waals surface area contributed by atoms with Crippen LogP contribution >= 0.6 is 0 Å². The number of anilines is 1. The molecule has 9 heteroatoms. The Morgan fingerprint density at radius 2 is 2.14 bits per heavy atom. The third kappa shape index (κ3) is 2.10. The van der Waals surface area contributed by atoms with Crippen LogP contribution in [-0.4, -0.2) is 45.1 Å². The first-order valence-corrected chi connectivity index (χ1v) is 6.73. The minimum Gasteiger partial charge on any atom is -0.368 e. The van der Waals surface area contributed by atoms with Gasteiger partial charge in [-0.05, 0) is 13.0 Å². The van der Waals surface area contributed by atoms with Gasteiger partial charge in [0.1, 0.15) is 17.6 Å². The lowest BCUT2D eigenvalue weighted by Crippen LogP contribution is -2.61. The van der Waals surface area contributed by atoms with E-state index in [0.717, 1.165) is 5.69 Å². The molecule has 116 valence electrons. The fourth-order valence-corrected chi connectivity index (χ4v) is 2.73. The van der Waals surface area contributed by atoms with Crippen LogP contribution in [-0.2, 0) is 17.4 Å². The van der Waals surface area contributed by atoms with Crippen molar-refractivity contribution < 1.29 is 9.66 Å². The van der Waals surface area contributed by atoms with E-state index in [9.17, 15) is 10.1 Å². The lowest BCUT2D eigenvalue weighted by molar-refractivity contribution is -0.385. The predicted molar refractivity (Wildman–Crippen MR) is 77.5 cm³/mol. The summed E-state index contributed by atoms with van der Waals surface area (Å²) in [6, 6.07) is 1.72.